The van der Waals surface area contributed by atoms with Gasteiger partial charge in [-0.3, -0.25) is 9.69 Å². The van der Waals surface area contributed by atoms with Crippen molar-refractivity contribution in [3.63, 3.8) is 0 Å². The van der Waals surface area contributed by atoms with E-state index in [1.54, 1.807) is 13.1 Å². The van der Waals surface area contributed by atoms with Crippen LogP contribution in [0, 0.1) is 23.4 Å². The van der Waals surface area contributed by atoms with Crippen LogP contribution in [-0.2, 0) is 15.1 Å². The summed E-state index contributed by atoms with van der Waals surface area (Å²) in [4.78, 5) is 19.4. The van der Waals surface area contributed by atoms with E-state index >= 15 is 0 Å². The van der Waals surface area contributed by atoms with Crippen LogP contribution >= 0.6 is 0 Å². The number of likely N-dealkylation sites (N-methyl/N-ethyl adjacent to an activating group) is 1. The fraction of sp³-hybridized carbons (Fsp3) is 0.440. The summed E-state index contributed by atoms with van der Waals surface area (Å²) in [6.07, 6.45) is 1.44. The van der Waals surface area contributed by atoms with Gasteiger partial charge in [0.15, 0.2) is 23.1 Å². The van der Waals surface area contributed by atoms with Crippen LogP contribution in [0.1, 0.15) is 38.7 Å². The second-order valence-electron chi connectivity index (χ2n) is 9.88. The molecule has 0 saturated carbocycles. The SMILES string of the molecule is CN1C(=O)C2(CC(C3CCOC(C)(C)C3)Oc3ccc(-c4cc(F)cc(F)c4F)cc32)N=C1N. The van der Waals surface area contributed by atoms with E-state index < -0.39 is 23.0 Å². The number of amides is 1. The number of benzene rings is 2. The maximum atomic E-state index is 14.5. The Morgan fingerprint density at radius 3 is 2.59 bits per heavy atom. The monoisotopic (exact) mass is 473 g/mol. The largest absolute Gasteiger partial charge is 0.490 e. The van der Waals surface area contributed by atoms with Gasteiger partial charge in [0.2, 0.25) is 0 Å². The first-order valence-electron chi connectivity index (χ1n) is 11.2. The predicted octanol–water partition coefficient (Wildman–Crippen LogP) is 4.11. The number of ether oxygens (including phenoxy) is 2. The van der Waals surface area contributed by atoms with Gasteiger partial charge in [0.25, 0.3) is 5.91 Å². The molecule has 9 heteroatoms. The summed E-state index contributed by atoms with van der Waals surface area (Å²) in [6, 6.07) is 6.05. The van der Waals surface area contributed by atoms with Crippen molar-refractivity contribution in [1.29, 1.82) is 0 Å². The molecule has 6 nitrogen and oxygen atoms in total. The lowest BCUT2D eigenvalue weighted by Gasteiger charge is -2.44. The standard InChI is InChI=1S/C25H26F3N3O3/c1-24(2)11-14(6-7-33-24)20-12-25(22(32)31(3)23(29)30-25)17-8-13(4-5-19(17)34-20)16-9-15(26)10-18(27)21(16)28/h4-5,8-10,14,20H,6-7,11-12H2,1-3H3,(H2,29,30). The molecule has 0 bridgehead atoms. The highest BCUT2D eigenvalue weighted by atomic mass is 19.2. The van der Waals surface area contributed by atoms with E-state index in [1.807, 2.05) is 13.8 Å². The molecule has 3 heterocycles. The zero-order valence-corrected chi connectivity index (χ0v) is 19.2. The van der Waals surface area contributed by atoms with Crippen molar-refractivity contribution in [2.75, 3.05) is 13.7 Å². The number of fused-ring (bicyclic) bond motifs is 2. The average molecular weight is 473 g/mol. The molecule has 3 unspecified atom stereocenters. The van der Waals surface area contributed by atoms with E-state index in [1.165, 1.54) is 17.0 Å². The highest BCUT2D eigenvalue weighted by Gasteiger charge is 2.55. The quantitative estimate of drug-likeness (QED) is 0.666. The Balaban J connectivity index is 1.63. The number of rotatable bonds is 2. The van der Waals surface area contributed by atoms with Gasteiger partial charge in [-0.1, -0.05) is 6.07 Å². The molecule has 1 saturated heterocycles. The van der Waals surface area contributed by atoms with Crippen molar-refractivity contribution >= 4 is 11.9 Å². The first kappa shape index (κ1) is 22.7. The Bertz CT molecular complexity index is 1220. The zero-order valence-electron chi connectivity index (χ0n) is 19.2. The Kier molecular flexibility index (Phi) is 5.16. The van der Waals surface area contributed by atoms with Gasteiger partial charge in [-0.25, -0.2) is 18.2 Å². The summed E-state index contributed by atoms with van der Waals surface area (Å²) in [6.45, 7) is 4.63. The molecule has 34 heavy (non-hydrogen) atoms. The third-order valence-electron chi connectivity index (χ3n) is 7.07. The lowest BCUT2D eigenvalue weighted by Crippen LogP contribution is -2.49. The van der Waals surface area contributed by atoms with Crippen molar-refractivity contribution < 1.29 is 27.4 Å². The summed E-state index contributed by atoms with van der Waals surface area (Å²) < 4.78 is 54.5. The molecule has 180 valence electrons. The molecule has 2 aromatic carbocycles. The second kappa shape index (κ2) is 7.73. The van der Waals surface area contributed by atoms with E-state index in [4.69, 9.17) is 15.2 Å². The number of hydrogen-bond acceptors (Lipinski definition) is 5. The third-order valence-corrected chi connectivity index (χ3v) is 7.07. The highest BCUT2D eigenvalue weighted by Crippen LogP contribution is 2.50. The Morgan fingerprint density at radius 1 is 1.15 bits per heavy atom. The zero-order chi connectivity index (χ0) is 24.4. The average Bonchev–Trinajstić information content (AvgIpc) is 2.99. The van der Waals surface area contributed by atoms with Gasteiger partial charge in [0.1, 0.15) is 17.7 Å². The first-order chi connectivity index (χ1) is 16.0. The molecule has 5 rings (SSSR count). The van der Waals surface area contributed by atoms with E-state index in [0.717, 1.165) is 18.9 Å². The summed E-state index contributed by atoms with van der Waals surface area (Å²) >= 11 is 0. The molecule has 3 atom stereocenters. The molecule has 1 fully saturated rings. The number of halogens is 3. The van der Waals surface area contributed by atoms with Crippen molar-refractivity contribution in [3.05, 3.63) is 53.3 Å². The Hall–Kier alpha value is -3.07. The van der Waals surface area contributed by atoms with Gasteiger partial charge in [0.05, 0.1) is 5.60 Å². The van der Waals surface area contributed by atoms with E-state index in [0.29, 0.717) is 24.0 Å². The van der Waals surface area contributed by atoms with Crippen molar-refractivity contribution in [3.8, 4) is 16.9 Å². The van der Waals surface area contributed by atoms with Gasteiger partial charge in [0, 0.05) is 43.2 Å². The lowest BCUT2D eigenvalue weighted by molar-refractivity contribution is -0.134. The van der Waals surface area contributed by atoms with Crippen LogP contribution in [0.2, 0.25) is 0 Å². The van der Waals surface area contributed by atoms with Crippen LogP contribution < -0.4 is 10.5 Å². The number of hydrogen-bond donors (Lipinski definition) is 1. The van der Waals surface area contributed by atoms with E-state index in [9.17, 15) is 18.0 Å². The Labute approximate surface area is 195 Å². The summed E-state index contributed by atoms with van der Waals surface area (Å²) in [7, 11) is 1.54. The molecular weight excluding hydrogens is 447 g/mol. The highest BCUT2D eigenvalue weighted by molar-refractivity contribution is 6.07. The minimum Gasteiger partial charge on any atom is -0.490 e. The molecule has 0 aliphatic carbocycles. The summed E-state index contributed by atoms with van der Waals surface area (Å²) in [5, 5.41) is 0. The molecule has 0 radical (unpaired) electrons. The van der Waals surface area contributed by atoms with Crippen LogP contribution in [0.4, 0.5) is 13.2 Å². The number of aliphatic imine (C=N–C) groups is 1. The molecule has 1 spiro atoms. The minimum absolute atomic E-state index is 0.0669. The van der Waals surface area contributed by atoms with Crippen molar-refractivity contribution in [2.45, 2.75) is 50.4 Å². The maximum absolute atomic E-state index is 14.5. The van der Waals surface area contributed by atoms with Crippen LogP contribution in [0.25, 0.3) is 11.1 Å². The second-order valence-corrected chi connectivity index (χ2v) is 9.88. The molecule has 1 amide bonds. The fourth-order valence-corrected chi connectivity index (χ4v) is 5.36. The van der Waals surface area contributed by atoms with Gasteiger partial charge < -0.3 is 15.2 Å². The topological polar surface area (TPSA) is 77.2 Å². The van der Waals surface area contributed by atoms with Gasteiger partial charge >= 0.3 is 0 Å². The van der Waals surface area contributed by atoms with Crippen LogP contribution in [0.15, 0.2) is 35.3 Å². The fourth-order valence-electron chi connectivity index (χ4n) is 5.36. The smallest absolute Gasteiger partial charge is 0.261 e. The third kappa shape index (κ3) is 3.53. The normalized spacial score (nSPS) is 28.0. The lowest BCUT2D eigenvalue weighted by atomic mass is 9.74. The summed E-state index contributed by atoms with van der Waals surface area (Å²) in [5.74, 6) is -3.09. The minimum atomic E-state index is -1.36. The molecule has 2 N–H and O–H groups in total. The van der Waals surface area contributed by atoms with E-state index in [2.05, 4.69) is 4.99 Å². The van der Waals surface area contributed by atoms with Gasteiger partial charge in [-0.2, -0.15) is 0 Å². The molecule has 3 aliphatic rings. The molecule has 3 aliphatic heterocycles. The van der Waals surface area contributed by atoms with Gasteiger partial charge in [-0.15, -0.1) is 0 Å². The van der Waals surface area contributed by atoms with Crippen molar-refractivity contribution in [1.82, 2.24) is 4.90 Å². The van der Waals surface area contributed by atoms with Crippen molar-refractivity contribution in [2.24, 2.45) is 16.6 Å². The van der Waals surface area contributed by atoms with Crippen LogP contribution in [0.3, 0.4) is 0 Å². The number of guanidine groups is 1. The Morgan fingerprint density at radius 2 is 1.91 bits per heavy atom. The van der Waals surface area contributed by atoms with Gasteiger partial charge in [-0.05, 0) is 50.5 Å². The molecular formula is C25H26F3N3O3. The number of carbonyl (C=O) groups is 1. The first-order valence-corrected chi connectivity index (χ1v) is 11.2. The summed E-state index contributed by atoms with van der Waals surface area (Å²) in [5.41, 5.74) is 4.72. The molecule has 0 aromatic heterocycles. The number of carbonyl (C=O) groups excluding carboxylic acids is 1. The number of nitrogens with two attached hydrogens (primary N) is 1. The van der Waals surface area contributed by atoms with Crippen LogP contribution in [0.5, 0.6) is 5.75 Å². The van der Waals surface area contributed by atoms with Crippen LogP contribution in [-0.4, -0.2) is 42.1 Å². The maximum Gasteiger partial charge on any atom is 0.261 e. The molecule has 2 aromatic rings. The predicted molar refractivity (Wildman–Crippen MR) is 120 cm³/mol. The van der Waals surface area contributed by atoms with E-state index in [-0.39, 0.29) is 47.0 Å². The number of nitrogens with zero attached hydrogens (tertiary/aromatic N) is 2.